The number of nitrogens with one attached hydrogen (secondary N) is 1. The quantitative estimate of drug-likeness (QED) is 0.247. The summed E-state index contributed by atoms with van der Waals surface area (Å²) in [5.74, 6) is -0.489. The molecule has 39 heavy (non-hydrogen) atoms. The Morgan fingerprint density at radius 1 is 1.05 bits per heavy atom. The highest BCUT2D eigenvalue weighted by atomic mass is 35.5. The fourth-order valence-corrected chi connectivity index (χ4v) is 4.54. The van der Waals surface area contributed by atoms with Crippen molar-refractivity contribution in [1.82, 2.24) is 10.2 Å². The number of esters is 1. The number of ether oxygens (including phenoxy) is 2. The Balaban J connectivity index is 1.64. The third-order valence-electron chi connectivity index (χ3n) is 6.37. The number of hydrogen-bond acceptors (Lipinski definition) is 5. The summed E-state index contributed by atoms with van der Waals surface area (Å²) in [4.78, 5) is 39.3. The summed E-state index contributed by atoms with van der Waals surface area (Å²) in [5, 5.41) is 3.50. The van der Waals surface area contributed by atoms with Gasteiger partial charge in [0.05, 0.1) is 13.0 Å². The first kappa shape index (κ1) is 30.2. The van der Waals surface area contributed by atoms with Gasteiger partial charge in [-0.1, -0.05) is 59.6 Å². The average molecular weight is 555 g/mol. The Morgan fingerprint density at radius 3 is 2.36 bits per heavy atom. The molecule has 0 heterocycles. The zero-order chi connectivity index (χ0) is 28.4. The summed E-state index contributed by atoms with van der Waals surface area (Å²) in [6, 6.07) is 15.6. The monoisotopic (exact) mass is 554 g/mol. The molecule has 7 nitrogen and oxygen atoms in total. The minimum absolute atomic E-state index is 0.0943. The van der Waals surface area contributed by atoms with Crippen LogP contribution >= 0.6 is 11.6 Å². The fourth-order valence-electron chi connectivity index (χ4n) is 4.23. The number of halogens is 1. The van der Waals surface area contributed by atoms with Crippen molar-refractivity contribution in [1.29, 1.82) is 0 Å². The van der Waals surface area contributed by atoms with E-state index in [0.717, 1.165) is 41.5 Å². The standard InChI is InChI=1S/C31H39ClN2O5/c1-5-38-29(36)19-25(23-12-9-13-23)20-33-28(35)16-17-34(30(37)39-31(2,3)4)21-22-14-15-26(27(32)18-22)24-10-7-6-8-11-24/h6-8,10-11,14-15,18H,5,9,12-13,16-17,19-21H2,1-4H3,(H,33,35). The van der Waals surface area contributed by atoms with Crippen LogP contribution in [0.4, 0.5) is 4.79 Å². The molecule has 1 aliphatic rings. The molecule has 0 radical (unpaired) electrons. The second-order valence-electron chi connectivity index (χ2n) is 10.7. The van der Waals surface area contributed by atoms with E-state index in [1.165, 1.54) is 10.5 Å². The average Bonchev–Trinajstić information content (AvgIpc) is 2.83. The summed E-state index contributed by atoms with van der Waals surface area (Å²) in [5.41, 5.74) is 4.21. The molecule has 0 saturated heterocycles. The summed E-state index contributed by atoms with van der Waals surface area (Å²) in [6.45, 7) is 8.24. The second-order valence-corrected chi connectivity index (χ2v) is 11.1. The van der Waals surface area contributed by atoms with Crippen LogP contribution in [0.15, 0.2) is 59.7 Å². The van der Waals surface area contributed by atoms with Crippen molar-refractivity contribution in [3.63, 3.8) is 0 Å². The van der Waals surface area contributed by atoms with Crippen LogP contribution in [0, 0.1) is 0 Å². The van der Waals surface area contributed by atoms with Crippen molar-refractivity contribution in [2.75, 3.05) is 19.7 Å². The summed E-state index contributed by atoms with van der Waals surface area (Å²) in [6.07, 6.45) is 2.77. The van der Waals surface area contributed by atoms with Gasteiger partial charge in [0.2, 0.25) is 5.91 Å². The number of nitrogens with zero attached hydrogens (tertiary/aromatic N) is 1. The normalized spacial score (nSPS) is 12.8. The van der Waals surface area contributed by atoms with Crippen LogP contribution in [0.3, 0.4) is 0 Å². The number of carbonyl (C=O) groups excluding carboxylic acids is 3. The van der Waals surface area contributed by atoms with Gasteiger partial charge in [0.1, 0.15) is 5.60 Å². The maximum atomic E-state index is 13.0. The van der Waals surface area contributed by atoms with Gasteiger partial charge in [-0.05, 0) is 69.7 Å². The minimum Gasteiger partial charge on any atom is -0.466 e. The predicted molar refractivity (Wildman–Crippen MR) is 153 cm³/mol. The molecule has 0 bridgehead atoms. The van der Waals surface area contributed by atoms with Crippen LogP contribution in [0.1, 0.15) is 65.4 Å². The van der Waals surface area contributed by atoms with Crippen molar-refractivity contribution >= 4 is 29.6 Å². The van der Waals surface area contributed by atoms with Crippen LogP contribution in [0.25, 0.3) is 11.1 Å². The van der Waals surface area contributed by atoms with Gasteiger partial charge in [0, 0.05) is 36.6 Å². The fraction of sp³-hybridized carbons (Fsp3) is 0.452. The molecule has 1 N–H and O–H groups in total. The van der Waals surface area contributed by atoms with E-state index in [4.69, 9.17) is 21.1 Å². The van der Waals surface area contributed by atoms with Gasteiger partial charge >= 0.3 is 12.1 Å². The van der Waals surface area contributed by atoms with E-state index in [-0.39, 0.29) is 37.8 Å². The molecule has 0 aliphatic heterocycles. The third-order valence-corrected chi connectivity index (χ3v) is 6.68. The molecule has 3 rings (SSSR count). The smallest absolute Gasteiger partial charge is 0.410 e. The number of hydrogen-bond donors (Lipinski definition) is 1. The highest BCUT2D eigenvalue weighted by Gasteiger charge is 2.24. The van der Waals surface area contributed by atoms with Crippen LogP contribution < -0.4 is 5.32 Å². The van der Waals surface area contributed by atoms with E-state index in [9.17, 15) is 14.4 Å². The van der Waals surface area contributed by atoms with E-state index in [1.807, 2.05) is 48.5 Å². The van der Waals surface area contributed by atoms with Crippen LogP contribution in [-0.2, 0) is 25.6 Å². The Bertz CT molecular complexity index is 1180. The molecule has 0 atom stereocenters. The molecule has 210 valence electrons. The molecule has 2 aromatic carbocycles. The van der Waals surface area contributed by atoms with E-state index in [2.05, 4.69) is 5.32 Å². The summed E-state index contributed by atoms with van der Waals surface area (Å²) in [7, 11) is 0. The largest absolute Gasteiger partial charge is 0.466 e. The molecule has 1 saturated carbocycles. The van der Waals surface area contributed by atoms with E-state index < -0.39 is 11.7 Å². The van der Waals surface area contributed by atoms with Gasteiger partial charge in [0.25, 0.3) is 0 Å². The maximum absolute atomic E-state index is 13.0. The zero-order valence-electron chi connectivity index (χ0n) is 23.3. The molecule has 0 unspecified atom stereocenters. The van der Waals surface area contributed by atoms with Gasteiger partial charge in [-0.15, -0.1) is 0 Å². The molecule has 0 spiro atoms. The van der Waals surface area contributed by atoms with Gasteiger partial charge in [-0.3, -0.25) is 9.59 Å². The van der Waals surface area contributed by atoms with Crippen molar-refractivity contribution in [3.05, 3.63) is 70.3 Å². The van der Waals surface area contributed by atoms with Crippen LogP contribution in [0.2, 0.25) is 5.02 Å². The molecule has 2 aromatic rings. The van der Waals surface area contributed by atoms with E-state index >= 15 is 0 Å². The lowest BCUT2D eigenvalue weighted by atomic mass is 9.86. The molecule has 8 heteroatoms. The maximum Gasteiger partial charge on any atom is 0.410 e. The predicted octanol–water partition coefficient (Wildman–Crippen LogP) is 6.68. The van der Waals surface area contributed by atoms with Crippen molar-refractivity contribution in [2.24, 2.45) is 0 Å². The molecular weight excluding hydrogens is 516 g/mol. The Kier molecular flexibility index (Phi) is 11.0. The summed E-state index contributed by atoms with van der Waals surface area (Å²) < 4.78 is 10.7. The van der Waals surface area contributed by atoms with Gasteiger partial charge in [0.15, 0.2) is 0 Å². The Labute approximate surface area is 236 Å². The third kappa shape index (κ3) is 9.74. The number of carbonyl (C=O) groups is 3. The second kappa shape index (κ2) is 14.2. The highest BCUT2D eigenvalue weighted by molar-refractivity contribution is 6.33. The Hall–Kier alpha value is -3.32. The SMILES string of the molecule is CCOC(=O)CC(CNC(=O)CCN(Cc1ccc(-c2ccccc2)c(Cl)c1)C(=O)OC(C)(C)C)=C1CCC1. The first-order valence-electron chi connectivity index (χ1n) is 13.5. The van der Waals surface area contributed by atoms with Gasteiger partial charge in [-0.25, -0.2) is 4.79 Å². The first-order chi connectivity index (χ1) is 18.6. The number of rotatable bonds is 11. The zero-order valence-corrected chi connectivity index (χ0v) is 24.1. The summed E-state index contributed by atoms with van der Waals surface area (Å²) >= 11 is 6.59. The number of benzene rings is 2. The topological polar surface area (TPSA) is 84.9 Å². The van der Waals surface area contributed by atoms with Crippen molar-refractivity contribution in [2.45, 2.75) is 71.9 Å². The number of allylic oxidation sites excluding steroid dienone is 1. The van der Waals surface area contributed by atoms with Crippen molar-refractivity contribution in [3.8, 4) is 11.1 Å². The van der Waals surface area contributed by atoms with Crippen molar-refractivity contribution < 1.29 is 23.9 Å². The van der Waals surface area contributed by atoms with E-state index in [0.29, 0.717) is 18.2 Å². The molecule has 2 amide bonds. The molecule has 1 aliphatic carbocycles. The Morgan fingerprint density at radius 2 is 1.77 bits per heavy atom. The first-order valence-corrected chi connectivity index (χ1v) is 13.9. The number of amides is 2. The molecule has 0 aromatic heterocycles. The lowest BCUT2D eigenvalue weighted by Crippen LogP contribution is -2.39. The lowest BCUT2D eigenvalue weighted by molar-refractivity contribution is -0.142. The van der Waals surface area contributed by atoms with E-state index in [1.54, 1.807) is 27.7 Å². The van der Waals surface area contributed by atoms with Gasteiger partial charge < -0.3 is 19.7 Å². The molecule has 1 fully saturated rings. The molecular formula is C31H39ClN2O5. The highest BCUT2D eigenvalue weighted by Crippen LogP contribution is 2.30. The van der Waals surface area contributed by atoms with Crippen LogP contribution in [-0.4, -0.2) is 48.2 Å². The van der Waals surface area contributed by atoms with Crippen LogP contribution in [0.5, 0.6) is 0 Å². The lowest BCUT2D eigenvalue weighted by Gasteiger charge is -2.27. The van der Waals surface area contributed by atoms with Gasteiger partial charge in [-0.2, -0.15) is 0 Å². The minimum atomic E-state index is -0.677.